The van der Waals surface area contributed by atoms with Crippen LogP contribution in [0.15, 0.2) is 33.4 Å². The molecule has 1 aliphatic rings. The monoisotopic (exact) mass is 274 g/mol. The molecule has 1 aliphatic heterocycles. The van der Waals surface area contributed by atoms with Gasteiger partial charge < -0.3 is 13.8 Å². The number of rotatable bonds is 3. The van der Waals surface area contributed by atoms with Gasteiger partial charge in [-0.05, 0) is 25.0 Å². The minimum Gasteiger partial charge on any atom is -0.459 e. The second kappa shape index (κ2) is 5.15. The van der Waals surface area contributed by atoms with Crippen molar-refractivity contribution in [1.29, 1.82) is 0 Å². The fourth-order valence-electron chi connectivity index (χ4n) is 2.59. The van der Waals surface area contributed by atoms with Crippen molar-refractivity contribution < 1.29 is 13.7 Å². The Balaban J connectivity index is 1.83. The van der Waals surface area contributed by atoms with E-state index in [4.69, 9.17) is 8.94 Å². The van der Waals surface area contributed by atoms with Crippen LogP contribution in [0.25, 0.3) is 0 Å². The average molecular weight is 274 g/mol. The Hall–Kier alpha value is -2.04. The molecular formula is C15H18N2O3. The van der Waals surface area contributed by atoms with Gasteiger partial charge in [-0.25, -0.2) is 0 Å². The summed E-state index contributed by atoms with van der Waals surface area (Å²) in [6.07, 6.45) is 3.41. The lowest BCUT2D eigenvalue weighted by Crippen LogP contribution is -2.30. The van der Waals surface area contributed by atoms with Crippen molar-refractivity contribution in [2.45, 2.75) is 38.6 Å². The second-order valence-corrected chi connectivity index (χ2v) is 5.44. The molecule has 0 saturated carbocycles. The van der Waals surface area contributed by atoms with Crippen molar-refractivity contribution >= 4 is 5.91 Å². The number of likely N-dealkylation sites (tertiary alicyclic amines) is 1. The smallest absolute Gasteiger partial charge is 0.290 e. The van der Waals surface area contributed by atoms with Crippen LogP contribution < -0.4 is 0 Å². The van der Waals surface area contributed by atoms with Crippen molar-refractivity contribution in [3.63, 3.8) is 0 Å². The van der Waals surface area contributed by atoms with Crippen molar-refractivity contribution in [3.05, 3.63) is 41.7 Å². The van der Waals surface area contributed by atoms with E-state index in [9.17, 15) is 4.79 Å². The first kappa shape index (κ1) is 13.0. The van der Waals surface area contributed by atoms with E-state index < -0.39 is 0 Å². The van der Waals surface area contributed by atoms with Gasteiger partial charge in [-0.1, -0.05) is 19.0 Å². The molecule has 0 radical (unpaired) electrons. The highest BCUT2D eigenvalue weighted by Crippen LogP contribution is 2.33. The van der Waals surface area contributed by atoms with E-state index in [0.29, 0.717) is 11.7 Å². The van der Waals surface area contributed by atoms with Crippen LogP contribution in [0.5, 0.6) is 0 Å². The summed E-state index contributed by atoms with van der Waals surface area (Å²) < 4.78 is 10.5. The van der Waals surface area contributed by atoms with E-state index in [1.807, 2.05) is 11.0 Å². The molecular weight excluding hydrogens is 256 g/mol. The topological polar surface area (TPSA) is 59.5 Å². The average Bonchev–Trinajstić information content (AvgIpc) is 3.17. The number of carbonyl (C=O) groups is 1. The Kier molecular flexibility index (Phi) is 3.34. The zero-order chi connectivity index (χ0) is 14.1. The van der Waals surface area contributed by atoms with Crippen LogP contribution in [-0.4, -0.2) is 22.5 Å². The van der Waals surface area contributed by atoms with Crippen LogP contribution >= 0.6 is 0 Å². The predicted molar refractivity (Wildman–Crippen MR) is 72.3 cm³/mol. The fourth-order valence-corrected chi connectivity index (χ4v) is 2.59. The molecule has 0 N–H and O–H groups in total. The molecule has 5 nitrogen and oxygen atoms in total. The Labute approximate surface area is 117 Å². The third-order valence-corrected chi connectivity index (χ3v) is 3.70. The highest BCUT2D eigenvalue weighted by molar-refractivity contribution is 5.91. The summed E-state index contributed by atoms with van der Waals surface area (Å²) in [6.45, 7) is 4.85. The van der Waals surface area contributed by atoms with Crippen molar-refractivity contribution in [1.82, 2.24) is 10.1 Å². The lowest BCUT2D eigenvalue weighted by atomic mass is 10.1. The molecule has 1 atom stereocenters. The molecule has 1 amide bonds. The number of aromatic nitrogens is 1. The first-order valence-electron chi connectivity index (χ1n) is 6.98. The van der Waals surface area contributed by atoms with Crippen LogP contribution in [0.4, 0.5) is 0 Å². The minimum atomic E-state index is -0.0772. The molecule has 1 saturated heterocycles. The zero-order valence-corrected chi connectivity index (χ0v) is 11.7. The van der Waals surface area contributed by atoms with Gasteiger partial charge in [0.25, 0.3) is 5.91 Å². The number of furan rings is 1. The fraction of sp³-hybridized carbons (Fsp3) is 0.467. The maximum absolute atomic E-state index is 12.4. The van der Waals surface area contributed by atoms with Gasteiger partial charge in [0.15, 0.2) is 5.76 Å². The summed E-state index contributed by atoms with van der Waals surface area (Å²) in [5.74, 6) is 1.46. The Bertz CT molecular complexity index is 586. The summed E-state index contributed by atoms with van der Waals surface area (Å²) in [5, 5.41) is 4.13. The standard InChI is InChI=1S/C15H18N2O3/c1-10(2)14-9-11(16-20-14)12-5-3-7-17(12)15(18)13-6-4-8-19-13/h4,6,8-10,12H,3,5,7H2,1-2H3/t12-/m1/s1. The van der Waals surface area contributed by atoms with Gasteiger partial charge in [-0.15, -0.1) is 0 Å². The van der Waals surface area contributed by atoms with Crippen LogP contribution in [0, 0.1) is 0 Å². The molecule has 106 valence electrons. The lowest BCUT2D eigenvalue weighted by molar-refractivity contribution is 0.0698. The maximum Gasteiger partial charge on any atom is 0.290 e. The van der Waals surface area contributed by atoms with Crippen LogP contribution in [0.1, 0.15) is 60.7 Å². The highest BCUT2D eigenvalue weighted by atomic mass is 16.5. The van der Waals surface area contributed by atoms with Crippen molar-refractivity contribution in [2.75, 3.05) is 6.54 Å². The maximum atomic E-state index is 12.4. The molecule has 2 aromatic rings. The molecule has 0 spiro atoms. The summed E-state index contributed by atoms with van der Waals surface area (Å²) in [7, 11) is 0. The van der Waals surface area contributed by atoms with Gasteiger partial charge in [0.05, 0.1) is 12.3 Å². The molecule has 2 aromatic heterocycles. The highest BCUT2D eigenvalue weighted by Gasteiger charge is 2.33. The summed E-state index contributed by atoms with van der Waals surface area (Å²) >= 11 is 0. The first-order valence-corrected chi connectivity index (χ1v) is 6.98. The molecule has 5 heteroatoms. The molecule has 0 aliphatic carbocycles. The number of nitrogens with zero attached hydrogens (tertiary/aromatic N) is 2. The van der Waals surface area contributed by atoms with E-state index in [1.54, 1.807) is 12.1 Å². The van der Waals surface area contributed by atoms with Crippen LogP contribution in [0.3, 0.4) is 0 Å². The van der Waals surface area contributed by atoms with E-state index in [1.165, 1.54) is 6.26 Å². The Morgan fingerprint density at radius 1 is 1.50 bits per heavy atom. The van der Waals surface area contributed by atoms with E-state index in [0.717, 1.165) is 30.8 Å². The Morgan fingerprint density at radius 3 is 3.00 bits per heavy atom. The molecule has 0 bridgehead atoms. The summed E-state index contributed by atoms with van der Waals surface area (Å²) in [4.78, 5) is 14.2. The third-order valence-electron chi connectivity index (χ3n) is 3.70. The van der Waals surface area contributed by atoms with Gasteiger partial charge in [-0.3, -0.25) is 4.79 Å². The van der Waals surface area contributed by atoms with Crippen LogP contribution in [0.2, 0.25) is 0 Å². The minimum absolute atomic E-state index is 0.0103. The summed E-state index contributed by atoms with van der Waals surface area (Å²) in [6, 6.07) is 5.37. The largest absolute Gasteiger partial charge is 0.459 e. The number of hydrogen-bond donors (Lipinski definition) is 0. The normalized spacial score (nSPS) is 18.9. The quantitative estimate of drug-likeness (QED) is 0.861. The second-order valence-electron chi connectivity index (χ2n) is 5.44. The molecule has 0 aromatic carbocycles. The lowest BCUT2D eigenvalue weighted by Gasteiger charge is -2.21. The van der Waals surface area contributed by atoms with Crippen molar-refractivity contribution in [3.8, 4) is 0 Å². The predicted octanol–water partition coefficient (Wildman–Crippen LogP) is 3.37. The number of amides is 1. The molecule has 0 unspecified atom stereocenters. The first-order chi connectivity index (χ1) is 9.66. The molecule has 1 fully saturated rings. The molecule has 3 heterocycles. The number of hydrogen-bond acceptors (Lipinski definition) is 4. The van der Waals surface area contributed by atoms with Gasteiger partial charge in [-0.2, -0.15) is 0 Å². The van der Waals surface area contributed by atoms with Gasteiger partial charge in [0.2, 0.25) is 0 Å². The van der Waals surface area contributed by atoms with E-state index in [-0.39, 0.29) is 11.9 Å². The van der Waals surface area contributed by atoms with E-state index >= 15 is 0 Å². The van der Waals surface area contributed by atoms with Crippen LogP contribution in [-0.2, 0) is 0 Å². The third kappa shape index (κ3) is 2.24. The van der Waals surface area contributed by atoms with Gasteiger partial charge in [0.1, 0.15) is 11.5 Å². The SMILES string of the molecule is CC(C)c1cc([C@H]2CCCN2C(=O)c2ccco2)no1. The number of carbonyl (C=O) groups excluding carboxylic acids is 1. The summed E-state index contributed by atoms with van der Waals surface area (Å²) in [5.41, 5.74) is 0.839. The molecule has 3 rings (SSSR count). The molecule has 20 heavy (non-hydrogen) atoms. The van der Waals surface area contributed by atoms with Crippen molar-refractivity contribution in [2.24, 2.45) is 0 Å². The van der Waals surface area contributed by atoms with E-state index in [2.05, 4.69) is 19.0 Å². The van der Waals surface area contributed by atoms with Gasteiger partial charge >= 0.3 is 0 Å². The Morgan fingerprint density at radius 2 is 2.35 bits per heavy atom. The zero-order valence-electron chi connectivity index (χ0n) is 11.7. The van der Waals surface area contributed by atoms with Gasteiger partial charge in [0, 0.05) is 18.5 Å².